The molecule has 3 N–H and O–H groups in total. The van der Waals surface area contributed by atoms with E-state index >= 15 is 0 Å². The van der Waals surface area contributed by atoms with Crippen LogP contribution in [0.1, 0.15) is 61.8 Å². The Morgan fingerprint density at radius 3 is 2.32 bits per heavy atom. The van der Waals surface area contributed by atoms with E-state index in [-0.39, 0.29) is 17.6 Å². The van der Waals surface area contributed by atoms with E-state index in [1.807, 2.05) is 49.4 Å². The number of methoxy groups -OCH3 is 1. The Hall–Kier alpha value is -4.72. The average Bonchev–Trinajstić information content (AvgIpc) is 3.30. The number of hydrogen-bond acceptors (Lipinski definition) is 5. The minimum absolute atomic E-state index is 0.0442. The predicted molar refractivity (Wildman–Crippen MR) is 147 cm³/mol. The normalized spacial score (nSPS) is 12.2. The average molecular weight is 511 g/mol. The summed E-state index contributed by atoms with van der Waals surface area (Å²) in [5.41, 5.74) is 4.24. The Balaban J connectivity index is 1.56. The maximum absolute atomic E-state index is 13.2. The minimum Gasteiger partial charge on any atom is -0.464 e. The molecule has 0 saturated heterocycles. The van der Waals surface area contributed by atoms with E-state index < -0.39 is 11.9 Å². The van der Waals surface area contributed by atoms with Gasteiger partial charge in [-0.15, -0.1) is 0 Å². The van der Waals surface area contributed by atoms with E-state index in [1.54, 1.807) is 32.9 Å². The van der Waals surface area contributed by atoms with Gasteiger partial charge in [0.15, 0.2) is 0 Å². The van der Waals surface area contributed by atoms with Crippen LogP contribution in [0, 0.1) is 20.8 Å². The molecule has 0 fully saturated rings. The van der Waals surface area contributed by atoms with Gasteiger partial charge in [-0.05, 0) is 73.4 Å². The molecule has 1 atom stereocenters. The van der Waals surface area contributed by atoms with Crippen LogP contribution in [0.25, 0.3) is 16.8 Å². The Bertz CT molecular complexity index is 1540. The first-order valence-corrected chi connectivity index (χ1v) is 12.2. The fourth-order valence-electron chi connectivity index (χ4n) is 4.53. The summed E-state index contributed by atoms with van der Waals surface area (Å²) in [6.07, 6.45) is 2.95. The van der Waals surface area contributed by atoms with Crippen molar-refractivity contribution in [3.63, 3.8) is 0 Å². The van der Waals surface area contributed by atoms with Crippen LogP contribution in [0.5, 0.6) is 0 Å². The van der Waals surface area contributed by atoms with Crippen LogP contribution in [0.15, 0.2) is 66.6 Å². The Morgan fingerprint density at radius 2 is 1.66 bits per heavy atom. The van der Waals surface area contributed by atoms with Gasteiger partial charge in [-0.1, -0.05) is 42.5 Å². The van der Waals surface area contributed by atoms with Crippen molar-refractivity contribution in [3.8, 4) is 0 Å². The van der Waals surface area contributed by atoms with Crippen molar-refractivity contribution >= 4 is 34.6 Å². The summed E-state index contributed by atoms with van der Waals surface area (Å²) in [4.78, 5) is 45.8. The number of carbonyl (C=O) groups is 3. The molecule has 4 aromatic rings. The zero-order valence-corrected chi connectivity index (χ0v) is 22.0. The van der Waals surface area contributed by atoms with Crippen molar-refractivity contribution in [1.29, 1.82) is 0 Å². The lowest BCUT2D eigenvalue weighted by Gasteiger charge is -2.18. The lowest BCUT2D eigenvalue weighted by Crippen LogP contribution is -2.30. The fourth-order valence-corrected chi connectivity index (χ4v) is 4.53. The van der Waals surface area contributed by atoms with Crippen LogP contribution >= 0.6 is 0 Å². The number of benzene rings is 3. The van der Waals surface area contributed by atoms with Crippen molar-refractivity contribution in [2.75, 3.05) is 7.11 Å². The number of hydrogen-bond donors (Lipinski definition) is 3. The summed E-state index contributed by atoms with van der Waals surface area (Å²) >= 11 is 0. The van der Waals surface area contributed by atoms with Crippen LogP contribution in [-0.4, -0.2) is 34.9 Å². The molecular weight excluding hydrogens is 480 g/mol. The summed E-state index contributed by atoms with van der Waals surface area (Å²) in [6.45, 7) is 7.26. The van der Waals surface area contributed by atoms with Crippen LogP contribution < -0.4 is 10.6 Å². The maximum Gasteiger partial charge on any atom is 0.354 e. The molecule has 4 rings (SSSR count). The van der Waals surface area contributed by atoms with E-state index in [1.165, 1.54) is 19.5 Å². The Kier molecular flexibility index (Phi) is 7.71. The van der Waals surface area contributed by atoms with E-state index in [2.05, 4.69) is 20.6 Å². The molecule has 1 heterocycles. The first-order chi connectivity index (χ1) is 18.2. The van der Waals surface area contributed by atoms with E-state index in [4.69, 9.17) is 4.74 Å². The molecule has 3 aromatic carbocycles. The zero-order valence-electron chi connectivity index (χ0n) is 22.0. The first kappa shape index (κ1) is 26.3. The second-order valence-corrected chi connectivity index (χ2v) is 9.17. The number of carbonyl (C=O) groups excluding carboxylic acids is 3. The lowest BCUT2D eigenvalue weighted by molar-refractivity contribution is -0.136. The number of imidazole rings is 1. The predicted octanol–water partition coefficient (Wildman–Crippen LogP) is 4.92. The number of ether oxygens (including phenoxy) is 1. The highest BCUT2D eigenvalue weighted by Gasteiger charge is 2.21. The Morgan fingerprint density at radius 1 is 0.974 bits per heavy atom. The van der Waals surface area contributed by atoms with Crippen LogP contribution in [0.2, 0.25) is 0 Å². The first-order valence-electron chi connectivity index (χ1n) is 12.2. The van der Waals surface area contributed by atoms with Crippen molar-refractivity contribution in [3.05, 3.63) is 106 Å². The topological polar surface area (TPSA) is 113 Å². The summed E-state index contributed by atoms with van der Waals surface area (Å²) in [7, 11) is 1.24. The summed E-state index contributed by atoms with van der Waals surface area (Å²) in [6, 6.07) is 17.2. The Labute approximate surface area is 221 Å². The molecule has 1 aromatic heterocycles. The zero-order chi connectivity index (χ0) is 27.4. The van der Waals surface area contributed by atoms with Crippen LogP contribution in [0.4, 0.5) is 0 Å². The fraction of sp³-hybridized carbons (Fsp3) is 0.200. The number of amides is 2. The molecule has 0 aliphatic carbocycles. The molecule has 0 bridgehead atoms. The number of fused-ring (bicyclic) bond motifs is 1. The molecule has 8 heteroatoms. The number of nitrogens with zero attached hydrogens (tertiary/aromatic N) is 1. The largest absolute Gasteiger partial charge is 0.464 e. The van der Waals surface area contributed by atoms with Gasteiger partial charge in [-0.25, -0.2) is 9.78 Å². The third-order valence-electron chi connectivity index (χ3n) is 6.46. The highest BCUT2D eigenvalue weighted by Crippen LogP contribution is 2.25. The third kappa shape index (κ3) is 5.49. The molecule has 0 unspecified atom stereocenters. The molecular formula is C30H30N4O4. The van der Waals surface area contributed by atoms with Gasteiger partial charge in [0.25, 0.3) is 11.8 Å². The van der Waals surface area contributed by atoms with E-state index in [0.29, 0.717) is 27.9 Å². The number of nitrogens with one attached hydrogen (secondary N) is 3. The lowest BCUT2D eigenvalue weighted by atomic mass is 9.97. The molecule has 0 saturated carbocycles. The van der Waals surface area contributed by atoms with Crippen LogP contribution in [-0.2, 0) is 9.53 Å². The van der Waals surface area contributed by atoms with Crippen molar-refractivity contribution in [2.45, 2.75) is 33.7 Å². The van der Waals surface area contributed by atoms with Gasteiger partial charge in [0.1, 0.15) is 5.70 Å². The molecule has 0 aliphatic rings. The summed E-state index contributed by atoms with van der Waals surface area (Å²) < 4.78 is 4.84. The number of aromatic amines is 1. The standard InChI is InChI=1S/C30H30N4O4/c1-17-13-22(28(35)33-19(3)23-12-8-10-21-9-6-7-11-24(21)23)14-18(2)27(17)29(36)34-26(30(37)38-5)15-25-20(4)31-16-32-25/h6-16,19H,1-5H3,(H,31,32)(H,33,35)(H,34,36)/b26-15-/t19-/m1/s1. The molecule has 194 valence electrons. The van der Waals surface area contributed by atoms with Gasteiger partial charge in [0, 0.05) is 16.8 Å². The smallest absolute Gasteiger partial charge is 0.354 e. The van der Waals surface area contributed by atoms with Crippen molar-refractivity contribution in [1.82, 2.24) is 20.6 Å². The number of aryl methyl sites for hydroxylation is 3. The monoisotopic (exact) mass is 510 g/mol. The molecule has 2 amide bonds. The molecule has 8 nitrogen and oxygen atoms in total. The summed E-state index contributed by atoms with van der Waals surface area (Å²) in [5.74, 6) is -1.43. The minimum atomic E-state index is -0.700. The number of H-pyrrole nitrogens is 1. The maximum atomic E-state index is 13.2. The van der Waals surface area contributed by atoms with Gasteiger partial charge in [0.05, 0.1) is 25.2 Å². The van der Waals surface area contributed by atoms with Gasteiger partial charge in [-0.3, -0.25) is 9.59 Å². The van der Waals surface area contributed by atoms with E-state index in [9.17, 15) is 14.4 Å². The molecule has 0 aliphatic heterocycles. The van der Waals surface area contributed by atoms with Crippen molar-refractivity contribution < 1.29 is 19.1 Å². The van der Waals surface area contributed by atoms with Gasteiger partial charge < -0.3 is 20.4 Å². The van der Waals surface area contributed by atoms with E-state index in [0.717, 1.165) is 22.0 Å². The van der Waals surface area contributed by atoms with Gasteiger partial charge in [-0.2, -0.15) is 0 Å². The number of rotatable bonds is 7. The summed E-state index contributed by atoms with van der Waals surface area (Å²) in [5, 5.41) is 7.91. The number of esters is 1. The number of aromatic nitrogens is 2. The second-order valence-electron chi connectivity index (χ2n) is 9.17. The molecule has 0 radical (unpaired) electrons. The van der Waals surface area contributed by atoms with Gasteiger partial charge in [0.2, 0.25) is 0 Å². The third-order valence-corrected chi connectivity index (χ3v) is 6.46. The molecule has 38 heavy (non-hydrogen) atoms. The van der Waals surface area contributed by atoms with Crippen LogP contribution in [0.3, 0.4) is 0 Å². The highest BCUT2D eigenvalue weighted by molar-refractivity contribution is 6.05. The molecule has 0 spiro atoms. The SMILES string of the molecule is COC(=O)/C(=C/c1nc[nH]c1C)NC(=O)c1c(C)cc(C(=O)N[C@H](C)c2cccc3ccccc23)cc1C. The quantitative estimate of drug-likeness (QED) is 0.241. The van der Waals surface area contributed by atoms with Gasteiger partial charge >= 0.3 is 5.97 Å². The highest BCUT2D eigenvalue weighted by atomic mass is 16.5. The second kappa shape index (κ2) is 11.1. The van der Waals surface area contributed by atoms with Crippen molar-refractivity contribution in [2.24, 2.45) is 0 Å².